The number of hydrogen-bond donors (Lipinski definition) is 1. The number of ketones is 1. The Hall–Kier alpha value is -1.70. The quantitative estimate of drug-likeness (QED) is 0.683. The van der Waals surface area contributed by atoms with Crippen LogP contribution in [0, 0.1) is 0 Å². The number of benzene rings is 1. The third-order valence-electron chi connectivity index (χ3n) is 6.13. The van der Waals surface area contributed by atoms with E-state index in [4.69, 9.17) is 0 Å². The van der Waals surface area contributed by atoms with Gasteiger partial charge in [0.2, 0.25) is 5.91 Å². The molecule has 0 saturated carbocycles. The lowest BCUT2D eigenvalue weighted by Crippen LogP contribution is -2.49. The van der Waals surface area contributed by atoms with E-state index < -0.39 is 0 Å². The van der Waals surface area contributed by atoms with Crippen molar-refractivity contribution in [2.24, 2.45) is 0 Å². The van der Waals surface area contributed by atoms with Gasteiger partial charge in [0.15, 0.2) is 5.78 Å². The van der Waals surface area contributed by atoms with Crippen LogP contribution >= 0.6 is 27.3 Å². The van der Waals surface area contributed by atoms with E-state index in [1.165, 1.54) is 22.6 Å². The first-order chi connectivity index (χ1) is 13.6. The topological polar surface area (TPSA) is 52.7 Å². The minimum absolute atomic E-state index is 0.0893. The van der Waals surface area contributed by atoms with Gasteiger partial charge in [-0.15, -0.1) is 11.3 Å². The molecule has 0 radical (unpaired) electrons. The molecular weight excluding hydrogens is 438 g/mol. The van der Waals surface area contributed by atoms with E-state index in [0.29, 0.717) is 24.9 Å². The van der Waals surface area contributed by atoms with Gasteiger partial charge in [0.05, 0.1) is 26.6 Å². The van der Waals surface area contributed by atoms with E-state index in [1.54, 1.807) is 0 Å². The molecule has 5 rings (SSSR count). The number of nitrogens with zero attached hydrogens (tertiary/aromatic N) is 2. The molecule has 1 N–H and O–H groups in total. The number of anilines is 2. The van der Waals surface area contributed by atoms with E-state index in [0.717, 1.165) is 46.8 Å². The first-order valence-electron chi connectivity index (χ1n) is 9.80. The van der Waals surface area contributed by atoms with E-state index >= 15 is 0 Å². The van der Waals surface area contributed by atoms with Crippen molar-refractivity contribution in [3.8, 4) is 0 Å². The summed E-state index contributed by atoms with van der Waals surface area (Å²) in [7, 11) is 0. The molecule has 1 saturated heterocycles. The fraction of sp³-hybridized carbons (Fsp3) is 0.429. The van der Waals surface area contributed by atoms with Crippen molar-refractivity contribution in [3.63, 3.8) is 0 Å². The van der Waals surface area contributed by atoms with Crippen LogP contribution in [0.5, 0.6) is 0 Å². The van der Waals surface area contributed by atoms with Crippen LogP contribution in [0.3, 0.4) is 0 Å². The van der Waals surface area contributed by atoms with Crippen LogP contribution in [-0.2, 0) is 4.79 Å². The first-order valence-corrected chi connectivity index (χ1v) is 11.4. The number of thiophene rings is 1. The number of fused-ring (bicyclic) bond motifs is 3. The summed E-state index contributed by atoms with van der Waals surface area (Å²) in [6, 6.07) is 10.5. The predicted molar refractivity (Wildman–Crippen MR) is 116 cm³/mol. The molecule has 0 spiro atoms. The molecule has 4 heterocycles. The molecule has 28 heavy (non-hydrogen) atoms. The molecule has 7 heteroatoms. The van der Waals surface area contributed by atoms with Gasteiger partial charge in [-0.1, -0.05) is 12.1 Å². The highest BCUT2D eigenvalue weighted by Gasteiger charge is 2.44. The van der Waals surface area contributed by atoms with Crippen molar-refractivity contribution >= 4 is 50.3 Å². The Labute approximate surface area is 176 Å². The highest BCUT2D eigenvalue weighted by atomic mass is 79.9. The molecule has 146 valence electrons. The Bertz CT molecular complexity index is 943. The van der Waals surface area contributed by atoms with Crippen molar-refractivity contribution in [1.82, 2.24) is 4.90 Å². The number of Topliss-reactive ketones (excluding diaryl/α,β-unsaturated/α-hetero) is 1. The van der Waals surface area contributed by atoms with Crippen molar-refractivity contribution in [2.45, 2.75) is 31.2 Å². The summed E-state index contributed by atoms with van der Waals surface area (Å²) in [6.07, 6.45) is 2.56. The lowest BCUT2D eigenvalue weighted by molar-refractivity contribution is -0.115. The zero-order valence-corrected chi connectivity index (χ0v) is 17.9. The average molecular weight is 460 g/mol. The SMILES string of the molecule is O=C1CN2c3c(cccc3[C@@H]3CN(CCCC(=O)c4ccc(Br)s4)CC[C@@H]32)N1. The van der Waals surface area contributed by atoms with Gasteiger partial charge in [-0.25, -0.2) is 0 Å². The maximum absolute atomic E-state index is 12.3. The number of para-hydroxylation sites is 1. The number of rotatable bonds is 5. The van der Waals surface area contributed by atoms with Crippen molar-refractivity contribution in [1.29, 1.82) is 0 Å². The number of hydrogen-bond acceptors (Lipinski definition) is 5. The van der Waals surface area contributed by atoms with Crippen molar-refractivity contribution < 1.29 is 9.59 Å². The molecule has 2 atom stereocenters. The lowest BCUT2D eigenvalue weighted by Gasteiger charge is -2.39. The van der Waals surface area contributed by atoms with E-state index in [-0.39, 0.29) is 11.7 Å². The maximum atomic E-state index is 12.3. The smallest absolute Gasteiger partial charge is 0.243 e. The average Bonchev–Trinajstić information content (AvgIpc) is 3.25. The molecule has 3 aliphatic heterocycles. The van der Waals surface area contributed by atoms with E-state index in [1.807, 2.05) is 18.2 Å². The van der Waals surface area contributed by atoms with Gasteiger partial charge in [-0.3, -0.25) is 9.59 Å². The summed E-state index contributed by atoms with van der Waals surface area (Å²) in [5.41, 5.74) is 3.56. The minimum atomic E-state index is 0.0893. The number of nitrogens with one attached hydrogen (secondary N) is 1. The summed E-state index contributed by atoms with van der Waals surface area (Å²) < 4.78 is 1.01. The van der Waals surface area contributed by atoms with Gasteiger partial charge in [0.1, 0.15) is 0 Å². The number of carbonyl (C=O) groups excluding carboxylic acids is 2. The molecule has 5 nitrogen and oxygen atoms in total. The molecule has 3 aliphatic rings. The third-order valence-corrected chi connectivity index (χ3v) is 7.79. The van der Waals surface area contributed by atoms with Gasteiger partial charge in [0.25, 0.3) is 0 Å². The Morgan fingerprint density at radius 3 is 3.00 bits per heavy atom. The Morgan fingerprint density at radius 1 is 1.29 bits per heavy atom. The summed E-state index contributed by atoms with van der Waals surface area (Å²) >= 11 is 4.93. The van der Waals surface area contributed by atoms with Gasteiger partial charge < -0.3 is 15.1 Å². The van der Waals surface area contributed by atoms with Crippen molar-refractivity contribution in [3.05, 3.63) is 44.6 Å². The van der Waals surface area contributed by atoms with Crippen LogP contribution < -0.4 is 10.2 Å². The molecule has 0 aliphatic carbocycles. The van der Waals surface area contributed by atoms with Crippen LogP contribution in [0.4, 0.5) is 11.4 Å². The highest BCUT2D eigenvalue weighted by Crippen LogP contribution is 2.49. The summed E-state index contributed by atoms with van der Waals surface area (Å²) in [6.45, 7) is 3.45. The molecule has 1 fully saturated rings. The fourth-order valence-corrected chi connectivity index (χ4v) is 6.28. The summed E-state index contributed by atoms with van der Waals surface area (Å²) in [5.74, 6) is 0.773. The standard InChI is InChI=1S/C21H22BrN3O2S/c22-19-7-6-18(28-19)17(26)5-2-9-24-10-8-16-14(11-24)13-3-1-4-15-21(13)25(16)12-20(27)23-15/h1,3-4,6-7,14,16H,2,5,8-12H2,(H,23,27)/t14-,16-/m0/s1. The fourth-order valence-electron chi connectivity index (χ4n) is 4.93. The number of likely N-dealkylation sites (tertiary alicyclic amines) is 1. The highest BCUT2D eigenvalue weighted by molar-refractivity contribution is 9.11. The Kier molecular flexibility index (Phi) is 4.77. The zero-order valence-electron chi connectivity index (χ0n) is 15.5. The number of piperidine rings is 1. The van der Waals surface area contributed by atoms with Crippen LogP contribution in [-0.4, -0.2) is 48.8 Å². The number of carbonyl (C=O) groups is 2. The molecule has 0 bridgehead atoms. The molecule has 1 amide bonds. The van der Waals surface area contributed by atoms with Crippen LogP contribution in [0.15, 0.2) is 34.1 Å². The second-order valence-corrected chi connectivity index (χ2v) is 10.3. The summed E-state index contributed by atoms with van der Waals surface area (Å²) in [5, 5.41) is 3.02. The van der Waals surface area contributed by atoms with Gasteiger partial charge in [-0.05, 0) is 59.1 Å². The first kappa shape index (κ1) is 18.3. The van der Waals surface area contributed by atoms with Gasteiger partial charge in [0, 0.05) is 31.5 Å². The van der Waals surface area contributed by atoms with Crippen LogP contribution in [0.1, 0.15) is 40.4 Å². The zero-order chi connectivity index (χ0) is 19.3. The van der Waals surface area contributed by atoms with Gasteiger partial charge in [-0.2, -0.15) is 0 Å². The number of halogens is 1. The normalized spacial score (nSPS) is 23.3. The monoisotopic (exact) mass is 459 g/mol. The Morgan fingerprint density at radius 2 is 2.18 bits per heavy atom. The Balaban J connectivity index is 1.23. The third kappa shape index (κ3) is 3.19. The number of amides is 1. The predicted octanol–water partition coefficient (Wildman–Crippen LogP) is 4.10. The lowest BCUT2D eigenvalue weighted by atomic mass is 9.89. The molecule has 1 aromatic heterocycles. The second-order valence-electron chi connectivity index (χ2n) is 7.81. The van der Waals surface area contributed by atoms with Crippen LogP contribution in [0.2, 0.25) is 0 Å². The maximum Gasteiger partial charge on any atom is 0.243 e. The molecule has 1 aromatic carbocycles. The molecular formula is C21H22BrN3O2S. The van der Waals surface area contributed by atoms with Gasteiger partial charge >= 0.3 is 0 Å². The van der Waals surface area contributed by atoms with E-state index in [9.17, 15) is 9.59 Å². The largest absolute Gasteiger partial charge is 0.357 e. The van der Waals surface area contributed by atoms with Crippen LogP contribution in [0.25, 0.3) is 0 Å². The minimum Gasteiger partial charge on any atom is -0.357 e. The molecule has 0 unspecified atom stereocenters. The second kappa shape index (κ2) is 7.28. The van der Waals surface area contributed by atoms with E-state index in [2.05, 4.69) is 43.2 Å². The summed E-state index contributed by atoms with van der Waals surface area (Å²) in [4.78, 5) is 30.1. The molecule has 2 aromatic rings. The van der Waals surface area contributed by atoms with Crippen molar-refractivity contribution in [2.75, 3.05) is 36.4 Å².